The minimum Gasteiger partial charge on any atom is -0.473 e. The molecule has 0 spiro atoms. The smallest absolute Gasteiger partial charge is 0.232 e. The molecule has 1 aliphatic heterocycles. The van der Waals surface area contributed by atoms with Crippen molar-refractivity contribution in [3.05, 3.63) is 47.6 Å². The molecule has 3 aromatic rings. The average Bonchev–Trinajstić information content (AvgIpc) is 2.62. The standard InChI is InChI=1S/C18H18ClN5O/c1-12-9-20-10-17(23-12)25-14-4-6-24(7-5-14)18-15-8-13(19)2-3-16(15)21-11-22-18/h2-3,8-11,14H,4-7H2,1H3. The second kappa shape index (κ2) is 6.80. The highest BCUT2D eigenvalue weighted by Gasteiger charge is 2.23. The molecular weight excluding hydrogens is 338 g/mol. The zero-order valence-corrected chi connectivity index (χ0v) is 14.6. The van der Waals surface area contributed by atoms with E-state index in [1.54, 1.807) is 18.7 Å². The first-order valence-corrected chi connectivity index (χ1v) is 8.67. The van der Waals surface area contributed by atoms with Crippen LogP contribution in [0.2, 0.25) is 5.02 Å². The van der Waals surface area contributed by atoms with Crippen molar-refractivity contribution in [3.8, 4) is 5.88 Å². The molecule has 0 saturated carbocycles. The maximum absolute atomic E-state index is 6.15. The number of rotatable bonds is 3. The molecule has 0 aliphatic carbocycles. The summed E-state index contributed by atoms with van der Waals surface area (Å²) in [4.78, 5) is 19.6. The SMILES string of the molecule is Cc1cncc(OC2CCN(c3ncnc4ccc(Cl)cc34)CC2)n1. The minimum absolute atomic E-state index is 0.143. The van der Waals surface area contributed by atoms with Crippen LogP contribution in [0.15, 0.2) is 36.9 Å². The van der Waals surface area contributed by atoms with E-state index in [0.29, 0.717) is 10.9 Å². The van der Waals surface area contributed by atoms with Crippen LogP contribution >= 0.6 is 11.6 Å². The third kappa shape index (κ3) is 3.49. The van der Waals surface area contributed by atoms with E-state index in [-0.39, 0.29) is 6.10 Å². The van der Waals surface area contributed by atoms with Gasteiger partial charge in [0.25, 0.3) is 0 Å². The van der Waals surface area contributed by atoms with E-state index in [1.807, 2.05) is 25.1 Å². The molecule has 0 N–H and O–H groups in total. The van der Waals surface area contributed by atoms with Crippen molar-refractivity contribution in [2.75, 3.05) is 18.0 Å². The number of hydrogen-bond acceptors (Lipinski definition) is 6. The minimum atomic E-state index is 0.143. The van der Waals surface area contributed by atoms with Crippen molar-refractivity contribution in [1.29, 1.82) is 0 Å². The topological polar surface area (TPSA) is 64.0 Å². The quantitative estimate of drug-likeness (QED) is 0.717. The lowest BCUT2D eigenvalue weighted by Crippen LogP contribution is -2.39. The number of anilines is 1. The number of halogens is 1. The van der Waals surface area contributed by atoms with Crippen LogP contribution in [0.1, 0.15) is 18.5 Å². The molecule has 0 amide bonds. The predicted octanol–water partition coefficient (Wildman–Crippen LogP) is 3.43. The Hall–Kier alpha value is -2.47. The highest BCUT2D eigenvalue weighted by molar-refractivity contribution is 6.31. The molecule has 7 heteroatoms. The third-order valence-electron chi connectivity index (χ3n) is 4.34. The van der Waals surface area contributed by atoms with Gasteiger partial charge in [0.15, 0.2) is 0 Å². The second-order valence-electron chi connectivity index (χ2n) is 6.16. The fraction of sp³-hybridized carbons (Fsp3) is 0.333. The van der Waals surface area contributed by atoms with Crippen molar-refractivity contribution in [2.45, 2.75) is 25.9 Å². The monoisotopic (exact) mass is 355 g/mol. The van der Waals surface area contributed by atoms with Gasteiger partial charge in [-0.25, -0.2) is 15.0 Å². The molecule has 0 unspecified atom stereocenters. The Bertz CT molecular complexity index is 896. The van der Waals surface area contributed by atoms with Gasteiger partial charge in [-0.1, -0.05) is 11.6 Å². The van der Waals surface area contributed by atoms with Gasteiger partial charge in [-0.2, -0.15) is 0 Å². The van der Waals surface area contributed by atoms with Crippen molar-refractivity contribution in [1.82, 2.24) is 19.9 Å². The Morgan fingerprint density at radius 1 is 1.16 bits per heavy atom. The van der Waals surface area contributed by atoms with Crippen LogP contribution in [-0.2, 0) is 0 Å². The zero-order valence-electron chi connectivity index (χ0n) is 13.9. The zero-order chi connectivity index (χ0) is 17.2. The molecule has 0 radical (unpaired) electrons. The van der Waals surface area contributed by atoms with Crippen molar-refractivity contribution in [2.24, 2.45) is 0 Å². The summed E-state index contributed by atoms with van der Waals surface area (Å²) in [5.41, 5.74) is 1.77. The number of benzene rings is 1. The summed E-state index contributed by atoms with van der Waals surface area (Å²) in [6.07, 6.45) is 6.95. The van der Waals surface area contributed by atoms with Crippen molar-refractivity contribution in [3.63, 3.8) is 0 Å². The van der Waals surface area contributed by atoms with Gasteiger partial charge in [-0.3, -0.25) is 4.98 Å². The van der Waals surface area contributed by atoms with Gasteiger partial charge in [-0.15, -0.1) is 0 Å². The van der Waals surface area contributed by atoms with E-state index in [0.717, 1.165) is 48.3 Å². The number of hydrogen-bond donors (Lipinski definition) is 0. The van der Waals surface area contributed by atoms with Gasteiger partial charge >= 0.3 is 0 Å². The van der Waals surface area contributed by atoms with Gasteiger partial charge in [0.2, 0.25) is 5.88 Å². The third-order valence-corrected chi connectivity index (χ3v) is 4.57. The van der Waals surface area contributed by atoms with E-state index in [1.165, 1.54) is 0 Å². The molecule has 1 saturated heterocycles. The molecule has 2 aromatic heterocycles. The summed E-state index contributed by atoms with van der Waals surface area (Å²) in [7, 11) is 0. The van der Waals surface area contributed by atoms with Crippen LogP contribution in [0.25, 0.3) is 10.9 Å². The molecule has 25 heavy (non-hydrogen) atoms. The normalized spacial score (nSPS) is 15.5. The molecule has 0 atom stereocenters. The van der Waals surface area contributed by atoms with E-state index >= 15 is 0 Å². The number of aryl methyl sites for hydroxylation is 1. The first-order chi connectivity index (χ1) is 12.2. The lowest BCUT2D eigenvalue weighted by molar-refractivity contribution is 0.163. The molecule has 3 heterocycles. The fourth-order valence-corrected chi connectivity index (χ4v) is 3.29. The van der Waals surface area contributed by atoms with Crippen LogP contribution in [-0.4, -0.2) is 39.1 Å². The van der Waals surface area contributed by atoms with Crippen molar-refractivity contribution < 1.29 is 4.74 Å². The number of ether oxygens (including phenoxy) is 1. The Balaban J connectivity index is 1.48. The van der Waals surface area contributed by atoms with Gasteiger partial charge in [0, 0.05) is 42.5 Å². The fourth-order valence-electron chi connectivity index (χ4n) is 3.12. The summed E-state index contributed by atoms with van der Waals surface area (Å²) in [5.74, 6) is 1.53. The lowest BCUT2D eigenvalue weighted by atomic mass is 10.1. The highest BCUT2D eigenvalue weighted by Crippen LogP contribution is 2.28. The lowest BCUT2D eigenvalue weighted by Gasteiger charge is -2.33. The second-order valence-corrected chi connectivity index (χ2v) is 6.60. The Morgan fingerprint density at radius 3 is 2.80 bits per heavy atom. The van der Waals surface area contributed by atoms with Crippen LogP contribution in [0.3, 0.4) is 0 Å². The van der Waals surface area contributed by atoms with Crippen molar-refractivity contribution >= 4 is 28.3 Å². The molecule has 1 aliphatic rings. The molecular formula is C18H18ClN5O. The Morgan fingerprint density at radius 2 is 2.00 bits per heavy atom. The largest absolute Gasteiger partial charge is 0.473 e. The summed E-state index contributed by atoms with van der Waals surface area (Å²) in [6, 6.07) is 5.70. The maximum Gasteiger partial charge on any atom is 0.232 e. The summed E-state index contributed by atoms with van der Waals surface area (Å²) in [6.45, 7) is 3.64. The van der Waals surface area contributed by atoms with Crippen LogP contribution in [0.5, 0.6) is 5.88 Å². The first kappa shape index (κ1) is 16.0. The number of fused-ring (bicyclic) bond motifs is 1. The molecule has 6 nitrogen and oxygen atoms in total. The number of piperidine rings is 1. The highest BCUT2D eigenvalue weighted by atomic mass is 35.5. The van der Waals surface area contributed by atoms with Gasteiger partial charge in [-0.05, 0) is 25.1 Å². The van der Waals surface area contributed by atoms with Gasteiger partial charge in [0.05, 0.1) is 17.4 Å². The van der Waals surface area contributed by atoms with E-state index in [4.69, 9.17) is 16.3 Å². The average molecular weight is 356 g/mol. The van der Waals surface area contributed by atoms with Crippen LogP contribution in [0, 0.1) is 6.92 Å². The van der Waals surface area contributed by atoms with Crippen LogP contribution in [0.4, 0.5) is 5.82 Å². The maximum atomic E-state index is 6.15. The number of aromatic nitrogens is 4. The van der Waals surface area contributed by atoms with Crippen LogP contribution < -0.4 is 9.64 Å². The molecule has 128 valence electrons. The Labute approximate surface area is 150 Å². The molecule has 1 aromatic carbocycles. The Kier molecular flexibility index (Phi) is 4.36. The summed E-state index contributed by atoms with van der Waals surface area (Å²) >= 11 is 6.15. The predicted molar refractivity (Wildman–Crippen MR) is 97.2 cm³/mol. The van der Waals surface area contributed by atoms with E-state index < -0.39 is 0 Å². The summed E-state index contributed by atoms with van der Waals surface area (Å²) < 4.78 is 5.97. The number of nitrogens with zero attached hydrogens (tertiary/aromatic N) is 5. The van der Waals surface area contributed by atoms with E-state index in [2.05, 4.69) is 24.8 Å². The van der Waals surface area contributed by atoms with Gasteiger partial charge < -0.3 is 9.64 Å². The summed E-state index contributed by atoms with van der Waals surface area (Å²) in [5, 5.41) is 1.68. The molecule has 4 rings (SSSR count). The first-order valence-electron chi connectivity index (χ1n) is 8.29. The van der Waals surface area contributed by atoms with E-state index in [9.17, 15) is 0 Å². The molecule has 0 bridgehead atoms. The van der Waals surface area contributed by atoms with Gasteiger partial charge in [0.1, 0.15) is 18.2 Å². The molecule has 1 fully saturated rings.